The molecular weight excluding hydrogens is 659 g/mol. The molecule has 0 aliphatic heterocycles. The van der Waals surface area contributed by atoms with Crippen molar-refractivity contribution in [3.05, 3.63) is 105 Å². The van der Waals surface area contributed by atoms with Crippen LogP contribution in [0.4, 0.5) is 14.5 Å². The van der Waals surface area contributed by atoms with Gasteiger partial charge in [-0.05, 0) is 35.7 Å². The van der Waals surface area contributed by atoms with Gasteiger partial charge < -0.3 is 10.1 Å². The summed E-state index contributed by atoms with van der Waals surface area (Å²) >= 11 is 1.15. The summed E-state index contributed by atoms with van der Waals surface area (Å²) in [6.07, 6.45) is 0.458. The fraction of sp³-hybridized carbons (Fsp3) is 0.143. The zero-order valence-corrected chi connectivity index (χ0v) is 26.9. The van der Waals surface area contributed by atoms with E-state index < -0.39 is 29.4 Å². The van der Waals surface area contributed by atoms with Gasteiger partial charge in [0.2, 0.25) is 17.8 Å². The van der Waals surface area contributed by atoms with Crippen LogP contribution >= 0.6 is 11.3 Å². The number of hydrogen-bond donors (Lipinski definition) is 2. The number of methoxy groups -OCH3 is 1. The minimum Gasteiger partial charge on any atom is -0.480 e. The Balaban J connectivity index is 0.000000781. The van der Waals surface area contributed by atoms with Gasteiger partial charge in [-0.3, -0.25) is 19.0 Å². The Hall–Kier alpha value is -3.98. The van der Waals surface area contributed by atoms with Gasteiger partial charge in [-0.1, -0.05) is 28.6 Å². The van der Waals surface area contributed by atoms with Crippen LogP contribution in [0.2, 0.25) is 0 Å². The van der Waals surface area contributed by atoms with Gasteiger partial charge in [0, 0.05) is 61.9 Å². The van der Waals surface area contributed by atoms with E-state index in [1.54, 1.807) is 7.05 Å². The number of benzene rings is 2. The van der Waals surface area contributed by atoms with Gasteiger partial charge in [-0.25, -0.2) is 23.6 Å². The van der Waals surface area contributed by atoms with E-state index >= 15 is 0 Å². The van der Waals surface area contributed by atoms with Crippen molar-refractivity contribution >= 4 is 33.7 Å². The Bertz CT molecular complexity index is 1820. The van der Waals surface area contributed by atoms with Crippen molar-refractivity contribution in [2.24, 2.45) is 0 Å². The van der Waals surface area contributed by atoms with Gasteiger partial charge in [-0.2, -0.15) is 23.8 Å². The molecule has 2 aromatic carbocycles. The maximum Gasteiger partial charge on any atom is 0.336 e. The Morgan fingerprint density at radius 1 is 1.02 bits per heavy atom. The van der Waals surface area contributed by atoms with Crippen molar-refractivity contribution in [3.63, 3.8) is 0 Å². The molecule has 3 aromatic heterocycles. The predicted molar refractivity (Wildman–Crippen MR) is 155 cm³/mol. The quantitative estimate of drug-likeness (QED) is 0.144. The fourth-order valence-electron chi connectivity index (χ4n) is 4.06. The number of thiophene rings is 1. The normalized spacial score (nSPS) is 10.3. The molecule has 11 nitrogen and oxygen atoms in total. The maximum atomic E-state index is 14.6. The van der Waals surface area contributed by atoms with Crippen LogP contribution in [0, 0.1) is 18.6 Å². The molecule has 0 spiro atoms. The second-order valence-corrected chi connectivity index (χ2v) is 9.50. The van der Waals surface area contributed by atoms with Crippen LogP contribution < -0.4 is 26.8 Å². The van der Waals surface area contributed by atoms with Crippen molar-refractivity contribution in [1.82, 2.24) is 24.8 Å². The SMILES string of the molecule is CONC=O.[CH2-]c1c(-c2ccc(NC)cc2)sc2c1c(=O)n(-c1ccc(OC)nn1)c(=O)n2Cc1c(F)cccc1F.[Y]. The van der Waals surface area contributed by atoms with Gasteiger partial charge in [0.1, 0.15) is 11.6 Å². The predicted octanol–water partition coefficient (Wildman–Crippen LogP) is 3.52. The molecule has 0 atom stereocenters. The molecule has 1 radical (unpaired) electrons. The number of carbonyl (C=O) groups is 1. The van der Waals surface area contributed by atoms with Gasteiger partial charge in [0.15, 0.2) is 5.82 Å². The van der Waals surface area contributed by atoms with Crippen molar-refractivity contribution in [1.29, 1.82) is 0 Å². The van der Waals surface area contributed by atoms with Crippen molar-refractivity contribution in [2.75, 3.05) is 26.6 Å². The number of ether oxygens (including phenoxy) is 1. The van der Waals surface area contributed by atoms with Crippen LogP contribution in [-0.4, -0.2) is 47.0 Å². The molecule has 3 heterocycles. The summed E-state index contributed by atoms with van der Waals surface area (Å²) < 4.78 is 36.2. The zero-order valence-electron chi connectivity index (χ0n) is 23.3. The van der Waals surface area contributed by atoms with Gasteiger partial charge >= 0.3 is 5.69 Å². The molecule has 221 valence electrons. The molecule has 0 bridgehead atoms. The largest absolute Gasteiger partial charge is 0.480 e. The molecule has 0 aliphatic carbocycles. The molecule has 15 heteroatoms. The number of nitrogens with one attached hydrogen (secondary N) is 2. The van der Waals surface area contributed by atoms with E-state index in [0.717, 1.165) is 43.9 Å². The number of rotatable bonds is 8. The minimum absolute atomic E-state index is 0. The van der Waals surface area contributed by atoms with Gasteiger partial charge in [0.25, 0.3) is 0 Å². The molecule has 5 aromatic rings. The first-order valence-corrected chi connectivity index (χ1v) is 13.0. The van der Waals surface area contributed by atoms with Crippen LogP contribution in [0.15, 0.2) is 64.2 Å². The first-order chi connectivity index (χ1) is 20.2. The van der Waals surface area contributed by atoms with Crippen LogP contribution in [0.3, 0.4) is 0 Å². The van der Waals surface area contributed by atoms with E-state index in [1.807, 2.05) is 29.7 Å². The van der Waals surface area contributed by atoms with Crippen molar-refractivity contribution < 1.29 is 55.9 Å². The summed E-state index contributed by atoms with van der Waals surface area (Å²) in [5.41, 5.74) is 2.19. The van der Waals surface area contributed by atoms with E-state index in [2.05, 4.69) is 27.3 Å². The van der Waals surface area contributed by atoms with E-state index in [-0.39, 0.29) is 60.2 Å². The number of fused-ring (bicyclic) bond motifs is 1. The maximum absolute atomic E-state index is 14.6. The van der Waals surface area contributed by atoms with Crippen LogP contribution in [0.25, 0.3) is 26.5 Å². The number of nitrogens with zero attached hydrogens (tertiary/aromatic N) is 4. The van der Waals surface area contributed by atoms with Crippen LogP contribution in [-0.2, 0) is 48.9 Å². The molecular formula is C28H25F2N6O5SY-. The Labute approximate surface area is 273 Å². The summed E-state index contributed by atoms with van der Waals surface area (Å²) in [5, 5.41) is 11.0. The molecule has 0 saturated heterocycles. The van der Waals surface area contributed by atoms with Crippen LogP contribution in [0.1, 0.15) is 11.1 Å². The Kier molecular flexibility index (Phi) is 11.7. The summed E-state index contributed by atoms with van der Waals surface area (Å²) in [6.45, 7) is 3.68. The summed E-state index contributed by atoms with van der Waals surface area (Å²) in [7, 11) is 4.57. The third-order valence-corrected chi connectivity index (χ3v) is 7.42. The first kappa shape index (κ1) is 33.5. The number of anilines is 1. The number of aromatic nitrogens is 4. The number of amides is 1. The minimum atomic E-state index is -0.821. The molecule has 0 fully saturated rings. The summed E-state index contributed by atoms with van der Waals surface area (Å²) in [4.78, 5) is 41.5. The van der Waals surface area contributed by atoms with E-state index in [9.17, 15) is 18.4 Å². The average molecular weight is 685 g/mol. The molecule has 2 N–H and O–H groups in total. The number of halogens is 2. The molecule has 1 amide bonds. The third kappa shape index (κ3) is 6.99. The van der Waals surface area contributed by atoms with Crippen molar-refractivity contribution in [3.8, 4) is 22.1 Å². The average Bonchev–Trinajstić information content (AvgIpc) is 3.34. The molecule has 0 aliphatic rings. The second-order valence-electron chi connectivity index (χ2n) is 8.50. The summed E-state index contributed by atoms with van der Waals surface area (Å²) in [6, 6.07) is 13.8. The first-order valence-electron chi connectivity index (χ1n) is 12.2. The summed E-state index contributed by atoms with van der Waals surface area (Å²) in [5.74, 6) is -1.49. The second kappa shape index (κ2) is 15.0. The van der Waals surface area contributed by atoms with E-state index in [4.69, 9.17) is 9.53 Å². The molecule has 5 rings (SSSR count). The zero-order chi connectivity index (χ0) is 30.4. The molecule has 43 heavy (non-hydrogen) atoms. The van der Waals surface area contributed by atoms with E-state index in [0.29, 0.717) is 16.9 Å². The van der Waals surface area contributed by atoms with Gasteiger partial charge in [0.05, 0.1) is 20.8 Å². The Morgan fingerprint density at radius 3 is 2.21 bits per heavy atom. The number of hydroxylamine groups is 1. The monoisotopic (exact) mass is 684 g/mol. The topological polar surface area (TPSA) is 129 Å². The number of carbonyl (C=O) groups excluding carboxylic acids is 1. The fourth-order valence-corrected chi connectivity index (χ4v) is 5.30. The standard InChI is InChI=1S/C26H20F2N5O3S.C2H5NO2.Y/c1-14-22-24(34)33(20-11-12-21(36-3)31-30-20)26(35)32(13-17-18(27)5-4-6-19(17)28)25(22)37-23(14)15-7-9-16(29-2)10-8-15;1-5-3-2-4;/h4-12,29H,1,13H2,2-3H3;2H,1H3,(H,3,4);/q-1;;. The van der Waals surface area contributed by atoms with Crippen LogP contribution in [0.5, 0.6) is 5.88 Å². The Morgan fingerprint density at radius 2 is 1.70 bits per heavy atom. The van der Waals surface area contributed by atoms with Crippen molar-refractivity contribution in [2.45, 2.75) is 6.54 Å². The number of hydrogen-bond acceptors (Lipinski definition) is 9. The smallest absolute Gasteiger partial charge is 0.336 e. The van der Waals surface area contributed by atoms with Gasteiger partial charge in [-0.15, -0.1) is 10.2 Å². The third-order valence-electron chi connectivity index (χ3n) is 6.12. The molecule has 0 unspecified atom stereocenters. The molecule has 0 saturated carbocycles. The van der Waals surface area contributed by atoms with E-state index in [1.165, 1.54) is 32.4 Å².